The molecule has 4 nitrogen and oxygen atoms in total. The number of hydrogen-bond acceptors (Lipinski definition) is 3. The lowest BCUT2D eigenvalue weighted by Crippen LogP contribution is -2.65. The number of hydrogen-bond donors (Lipinski definition) is 0. The predicted octanol–water partition coefficient (Wildman–Crippen LogP) is 2.63. The van der Waals surface area contributed by atoms with Gasteiger partial charge in [-0.25, -0.2) is 4.79 Å². The molecule has 1 aliphatic carbocycles. The number of nitrogens with zero attached hydrogens (tertiary/aromatic N) is 1. The van der Waals surface area contributed by atoms with Gasteiger partial charge in [-0.3, -0.25) is 0 Å². The van der Waals surface area contributed by atoms with Gasteiger partial charge in [-0.05, 0) is 33.6 Å². The van der Waals surface area contributed by atoms with Crippen molar-refractivity contribution in [3.05, 3.63) is 0 Å². The summed E-state index contributed by atoms with van der Waals surface area (Å²) in [5.74, 6) is 0. The minimum Gasteiger partial charge on any atom is -0.444 e. The molecule has 0 aromatic rings. The molecular weight excluding hydrogens is 244 g/mol. The Kier molecular flexibility index (Phi) is 3.25. The molecule has 0 unspecified atom stereocenters. The number of halogens is 2. The van der Waals surface area contributed by atoms with Gasteiger partial charge in [-0.1, -0.05) is 0 Å². The van der Waals surface area contributed by atoms with E-state index >= 15 is 0 Å². The fraction of sp³-hybridized carbons (Fsp3) is 0.917. The Hall–Kier alpha value is -0.910. The van der Waals surface area contributed by atoms with E-state index in [1.807, 2.05) is 20.8 Å². The number of ether oxygens (including phenoxy) is 2. The lowest BCUT2D eigenvalue weighted by Gasteiger charge is -2.58. The van der Waals surface area contributed by atoms with E-state index in [4.69, 9.17) is 4.74 Å². The summed E-state index contributed by atoms with van der Waals surface area (Å²) in [5, 5.41) is 0. The van der Waals surface area contributed by atoms with Crippen molar-refractivity contribution in [2.24, 2.45) is 5.41 Å². The van der Waals surface area contributed by atoms with Crippen molar-refractivity contribution < 1.29 is 23.0 Å². The van der Waals surface area contributed by atoms with Crippen LogP contribution in [-0.2, 0) is 9.47 Å². The summed E-state index contributed by atoms with van der Waals surface area (Å²) in [4.78, 5) is 13.3. The standard InChI is InChI=1S/C12H19F2NO3/c1-11(2,3)18-10(16)15-6-12(7-15)4-8(5-12)17-9(13)14/h8-9H,4-7H2,1-3H3. The van der Waals surface area contributed by atoms with E-state index in [1.165, 1.54) is 0 Å². The van der Waals surface area contributed by atoms with Crippen molar-refractivity contribution in [2.45, 2.75) is 51.9 Å². The van der Waals surface area contributed by atoms with Gasteiger partial charge in [-0.15, -0.1) is 0 Å². The van der Waals surface area contributed by atoms with Crippen LogP contribution >= 0.6 is 0 Å². The molecule has 1 spiro atoms. The molecule has 2 rings (SSSR count). The van der Waals surface area contributed by atoms with Crippen LogP contribution in [0.4, 0.5) is 13.6 Å². The number of carbonyl (C=O) groups excluding carboxylic acids is 1. The molecule has 1 saturated heterocycles. The van der Waals surface area contributed by atoms with Gasteiger partial charge in [0.25, 0.3) is 0 Å². The van der Waals surface area contributed by atoms with Crippen LogP contribution in [0.3, 0.4) is 0 Å². The van der Waals surface area contributed by atoms with Crippen LogP contribution in [0.2, 0.25) is 0 Å². The van der Waals surface area contributed by atoms with Gasteiger partial charge in [-0.2, -0.15) is 8.78 Å². The largest absolute Gasteiger partial charge is 0.444 e. The summed E-state index contributed by atoms with van der Waals surface area (Å²) in [7, 11) is 0. The number of rotatable bonds is 2. The Balaban J connectivity index is 1.71. The maximum atomic E-state index is 12.0. The van der Waals surface area contributed by atoms with Crippen molar-refractivity contribution in [2.75, 3.05) is 13.1 Å². The highest BCUT2D eigenvalue weighted by atomic mass is 19.3. The van der Waals surface area contributed by atoms with E-state index in [0.717, 1.165) is 0 Å². The van der Waals surface area contributed by atoms with Crippen LogP contribution < -0.4 is 0 Å². The monoisotopic (exact) mass is 263 g/mol. The van der Waals surface area contributed by atoms with Crippen molar-refractivity contribution >= 4 is 6.09 Å². The van der Waals surface area contributed by atoms with E-state index in [9.17, 15) is 13.6 Å². The van der Waals surface area contributed by atoms with Crippen LogP contribution in [0, 0.1) is 5.41 Å². The summed E-state index contributed by atoms with van der Waals surface area (Å²) in [6.07, 6.45) is 0.532. The Morgan fingerprint density at radius 2 is 1.89 bits per heavy atom. The molecule has 0 aromatic heterocycles. The zero-order valence-corrected chi connectivity index (χ0v) is 10.9. The Labute approximate surface area is 105 Å². The molecule has 0 N–H and O–H groups in total. The third-order valence-corrected chi connectivity index (χ3v) is 3.32. The molecule has 0 radical (unpaired) electrons. The van der Waals surface area contributed by atoms with Gasteiger partial charge in [0, 0.05) is 18.5 Å². The lowest BCUT2D eigenvalue weighted by atomic mass is 9.62. The molecule has 0 atom stereocenters. The molecule has 6 heteroatoms. The van der Waals surface area contributed by atoms with Crippen LogP contribution in [-0.4, -0.2) is 42.4 Å². The van der Waals surface area contributed by atoms with Gasteiger partial charge in [0.15, 0.2) is 0 Å². The molecule has 1 heterocycles. The normalized spacial score (nSPS) is 22.9. The zero-order valence-electron chi connectivity index (χ0n) is 10.9. The first-order valence-corrected chi connectivity index (χ1v) is 6.11. The average Bonchev–Trinajstić information content (AvgIpc) is 2.02. The maximum Gasteiger partial charge on any atom is 0.410 e. The maximum absolute atomic E-state index is 12.0. The van der Waals surface area contributed by atoms with Gasteiger partial charge in [0.1, 0.15) is 5.60 Å². The molecule has 2 fully saturated rings. The topological polar surface area (TPSA) is 38.8 Å². The Morgan fingerprint density at radius 1 is 1.33 bits per heavy atom. The minimum atomic E-state index is -2.70. The van der Waals surface area contributed by atoms with E-state index < -0.39 is 12.2 Å². The Bertz CT molecular complexity index is 327. The van der Waals surface area contributed by atoms with E-state index in [1.54, 1.807) is 4.90 Å². The fourth-order valence-electron chi connectivity index (χ4n) is 2.63. The van der Waals surface area contributed by atoms with Crippen molar-refractivity contribution in [3.8, 4) is 0 Å². The number of amides is 1. The molecular formula is C12H19F2NO3. The van der Waals surface area contributed by atoms with Gasteiger partial charge >= 0.3 is 12.7 Å². The van der Waals surface area contributed by atoms with Crippen LogP contribution in [0.25, 0.3) is 0 Å². The quantitative estimate of drug-likeness (QED) is 0.768. The number of alkyl halides is 2. The highest BCUT2D eigenvalue weighted by Crippen LogP contribution is 2.50. The summed E-state index contributed by atoms with van der Waals surface area (Å²) >= 11 is 0. The lowest BCUT2D eigenvalue weighted by molar-refractivity contribution is -0.227. The SMILES string of the molecule is CC(C)(C)OC(=O)N1CC2(CC(OC(F)F)C2)C1. The third kappa shape index (κ3) is 2.91. The van der Waals surface area contributed by atoms with Crippen LogP contribution in [0.15, 0.2) is 0 Å². The first-order chi connectivity index (χ1) is 8.19. The third-order valence-electron chi connectivity index (χ3n) is 3.32. The van der Waals surface area contributed by atoms with Crippen molar-refractivity contribution in [1.29, 1.82) is 0 Å². The number of likely N-dealkylation sites (tertiary alicyclic amines) is 1. The Morgan fingerprint density at radius 3 is 2.33 bits per heavy atom. The van der Waals surface area contributed by atoms with Crippen molar-refractivity contribution in [1.82, 2.24) is 4.90 Å². The van der Waals surface area contributed by atoms with Crippen LogP contribution in [0.1, 0.15) is 33.6 Å². The molecule has 104 valence electrons. The summed E-state index contributed by atoms with van der Waals surface area (Å²) in [5.41, 5.74) is -0.503. The molecule has 1 aliphatic heterocycles. The second-order valence-electron chi connectivity index (χ2n) is 6.26. The molecule has 1 saturated carbocycles. The fourth-order valence-corrected chi connectivity index (χ4v) is 2.63. The van der Waals surface area contributed by atoms with Crippen molar-refractivity contribution in [3.63, 3.8) is 0 Å². The zero-order chi connectivity index (χ0) is 13.6. The van der Waals surface area contributed by atoms with Crippen LogP contribution in [0.5, 0.6) is 0 Å². The van der Waals surface area contributed by atoms with E-state index in [0.29, 0.717) is 25.9 Å². The van der Waals surface area contributed by atoms with Gasteiger partial charge in [0.05, 0.1) is 6.10 Å². The first kappa shape index (κ1) is 13.5. The minimum absolute atomic E-state index is 0.00351. The average molecular weight is 263 g/mol. The molecule has 18 heavy (non-hydrogen) atoms. The van der Waals surface area contributed by atoms with Gasteiger partial charge in [0.2, 0.25) is 0 Å². The second kappa shape index (κ2) is 4.33. The predicted molar refractivity (Wildman–Crippen MR) is 60.4 cm³/mol. The second-order valence-corrected chi connectivity index (χ2v) is 6.26. The summed E-state index contributed by atoms with van der Waals surface area (Å²) < 4.78 is 33.6. The molecule has 0 bridgehead atoms. The first-order valence-electron chi connectivity index (χ1n) is 6.11. The molecule has 2 aliphatic rings. The number of carbonyl (C=O) groups is 1. The summed E-state index contributed by atoms with van der Waals surface area (Å²) in [6, 6.07) is 0. The summed E-state index contributed by atoms with van der Waals surface area (Å²) in [6.45, 7) is 3.92. The highest BCUT2D eigenvalue weighted by Gasteiger charge is 2.55. The van der Waals surface area contributed by atoms with E-state index in [2.05, 4.69) is 4.74 Å². The molecule has 0 aromatic carbocycles. The highest BCUT2D eigenvalue weighted by molar-refractivity contribution is 5.69. The smallest absolute Gasteiger partial charge is 0.410 e. The molecule has 1 amide bonds. The van der Waals surface area contributed by atoms with Gasteiger partial charge < -0.3 is 14.4 Å². The van der Waals surface area contributed by atoms with E-state index in [-0.39, 0.29) is 17.6 Å².